The predicted octanol–water partition coefficient (Wildman–Crippen LogP) is 2.39. The number of ether oxygens (including phenoxy) is 1. The highest BCUT2D eigenvalue weighted by Crippen LogP contribution is 2.28. The quantitative estimate of drug-likeness (QED) is 0.852. The van der Waals surface area contributed by atoms with Crippen LogP contribution < -0.4 is 4.90 Å². The maximum atomic E-state index is 6.00. The standard InChI is InChI=1S/C15H18ClN3O2/c16-11-1-2-14-13(9-11)17-15(21-14)19-4-3-12(10-19)18-5-7-20-8-6-18/h1-2,9,12H,3-8,10H2. The Hall–Kier alpha value is -1.30. The van der Waals surface area contributed by atoms with E-state index in [4.69, 9.17) is 20.8 Å². The molecule has 2 aliphatic heterocycles. The van der Waals surface area contributed by atoms with E-state index in [1.54, 1.807) is 0 Å². The monoisotopic (exact) mass is 307 g/mol. The Morgan fingerprint density at radius 1 is 1.19 bits per heavy atom. The molecular weight excluding hydrogens is 290 g/mol. The summed E-state index contributed by atoms with van der Waals surface area (Å²) in [6.07, 6.45) is 1.15. The van der Waals surface area contributed by atoms with Crippen molar-refractivity contribution in [3.8, 4) is 0 Å². The lowest BCUT2D eigenvalue weighted by molar-refractivity contribution is 0.0209. The normalized spacial score (nSPS) is 24.0. The summed E-state index contributed by atoms with van der Waals surface area (Å²) >= 11 is 6.00. The van der Waals surface area contributed by atoms with Gasteiger partial charge in [-0.15, -0.1) is 0 Å². The lowest BCUT2D eigenvalue weighted by Gasteiger charge is -2.31. The van der Waals surface area contributed by atoms with Crippen molar-refractivity contribution in [3.63, 3.8) is 0 Å². The van der Waals surface area contributed by atoms with Gasteiger partial charge in [0.15, 0.2) is 5.58 Å². The third-order valence-electron chi connectivity index (χ3n) is 4.33. The zero-order chi connectivity index (χ0) is 14.2. The number of fused-ring (bicyclic) bond motifs is 1. The molecule has 0 N–H and O–H groups in total. The number of hydrogen-bond donors (Lipinski definition) is 0. The van der Waals surface area contributed by atoms with E-state index < -0.39 is 0 Å². The lowest BCUT2D eigenvalue weighted by Crippen LogP contribution is -2.44. The second-order valence-corrected chi connectivity index (χ2v) is 6.08. The molecule has 1 atom stereocenters. The smallest absolute Gasteiger partial charge is 0.298 e. The fourth-order valence-electron chi connectivity index (χ4n) is 3.18. The molecule has 0 spiro atoms. The van der Waals surface area contributed by atoms with Crippen LogP contribution in [-0.2, 0) is 4.74 Å². The van der Waals surface area contributed by atoms with Crippen LogP contribution in [0.5, 0.6) is 0 Å². The fourth-order valence-corrected chi connectivity index (χ4v) is 3.35. The Morgan fingerprint density at radius 2 is 2.05 bits per heavy atom. The van der Waals surface area contributed by atoms with E-state index in [0.717, 1.165) is 56.9 Å². The Morgan fingerprint density at radius 3 is 2.90 bits per heavy atom. The molecule has 0 saturated carbocycles. The SMILES string of the molecule is Clc1ccc2oc(N3CCC(N4CCOCC4)C3)nc2c1. The van der Waals surface area contributed by atoms with E-state index in [2.05, 4.69) is 14.8 Å². The molecule has 1 aromatic heterocycles. The van der Waals surface area contributed by atoms with Crippen molar-refractivity contribution in [2.45, 2.75) is 12.5 Å². The summed E-state index contributed by atoms with van der Waals surface area (Å²) in [6.45, 7) is 5.71. The van der Waals surface area contributed by atoms with Crippen molar-refractivity contribution in [2.75, 3.05) is 44.3 Å². The Kier molecular flexibility index (Phi) is 3.49. The van der Waals surface area contributed by atoms with Gasteiger partial charge in [0.1, 0.15) is 5.52 Å². The number of anilines is 1. The number of benzene rings is 1. The van der Waals surface area contributed by atoms with Crippen molar-refractivity contribution in [3.05, 3.63) is 23.2 Å². The van der Waals surface area contributed by atoms with Crippen LogP contribution in [0.25, 0.3) is 11.1 Å². The molecule has 112 valence electrons. The van der Waals surface area contributed by atoms with Gasteiger partial charge in [0, 0.05) is 37.2 Å². The molecule has 2 aliphatic rings. The van der Waals surface area contributed by atoms with Crippen LogP contribution in [0.2, 0.25) is 5.02 Å². The molecule has 6 heteroatoms. The Bertz CT molecular complexity index is 639. The summed E-state index contributed by atoms with van der Waals surface area (Å²) in [5, 5.41) is 0.690. The van der Waals surface area contributed by atoms with Crippen molar-refractivity contribution in [2.24, 2.45) is 0 Å². The summed E-state index contributed by atoms with van der Waals surface area (Å²) < 4.78 is 11.3. The Balaban J connectivity index is 1.50. The summed E-state index contributed by atoms with van der Waals surface area (Å²) in [5.41, 5.74) is 1.62. The number of halogens is 1. The number of nitrogens with zero attached hydrogens (tertiary/aromatic N) is 3. The van der Waals surface area contributed by atoms with E-state index in [1.807, 2.05) is 18.2 Å². The number of aromatic nitrogens is 1. The van der Waals surface area contributed by atoms with Gasteiger partial charge in [-0.1, -0.05) is 11.6 Å². The van der Waals surface area contributed by atoms with Crippen LogP contribution in [0.3, 0.4) is 0 Å². The van der Waals surface area contributed by atoms with Crippen molar-refractivity contribution < 1.29 is 9.15 Å². The van der Waals surface area contributed by atoms with Crippen LogP contribution in [0.1, 0.15) is 6.42 Å². The summed E-state index contributed by atoms with van der Waals surface area (Å²) in [6, 6.07) is 6.85. The van der Waals surface area contributed by atoms with Gasteiger partial charge in [0.2, 0.25) is 0 Å². The minimum absolute atomic E-state index is 0.576. The molecule has 2 fully saturated rings. The summed E-state index contributed by atoms with van der Waals surface area (Å²) in [4.78, 5) is 9.31. The van der Waals surface area contributed by atoms with E-state index >= 15 is 0 Å². The van der Waals surface area contributed by atoms with Gasteiger partial charge >= 0.3 is 0 Å². The first kappa shape index (κ1) is 13.4. The average molecular weight is 308 g/mol. The molecule has 21 heavy (non-hydrogen) atoms. The van der Waals surface area contributed by atoms with Crippen LogP contribution >= 0.6 is 11.6 Å². The van der Waals surface area contributed by atoms with E-state index in [9.17, 15) is 0 Å². The van der Waals surface area contributed by atoms with Crippen LogP contribution in [0, 0.1) is 0 Å². The second kappa shape index (κ2) is 5.48. The molecule has 1 unspecified atom stereocenters. The van der Waals surface area contributed by atoms with Gasteiger partial charge < -0.3 is 14.1 Å². The number of oxazole rings is 1. The molecule has 2 aromatic rings. The van der Waals surface area contributed by atoms with Gasteiger partial charge in [-0.25, -0.2) is 0 Å². The van der Waals surface area contributed by atoms with E-state index in [-0.39, 0.29) is 0 Å². The molecule has 3 heterocycles. The topological polar surface area (TPSA) is 41.7 Å². The minimum Gasteiger partial charge on any atom is -0.423 e. The molecule has 0 bridgehead atoms. The highest BCUT2D eigenvalue weighted by atomic mass is 35.5. The molecule has 0 radical (unpaired) electrons. The molecule has 2 saturated heterocycles. The fraction of sp³-hybridized carbons (Fsp3) is 0.533. The molecule has 0 amide bonds. The first-order chi connectivity index (χ1) is 10.3. The highest BCUT2D eigenvalue weighted by molar-refractivity contribution is 6.31. The number of rotatable bonds is 2. The number of hydrogen-bond acceptors (Lipinski definition) is 5. The van der Waals surface area contributed by atoms with Crippen LogP contribution in [0.4, 0.5) is 6.01 Å². The minimum atomic E-state index is 0.576. The first-order valence-corrected chi connectivity index (χ1v) is 7.80. The van der Waals surface area contributed by atoms with Gasteiger partial charge in [-0.2, -0.15) is 4.98 Å². The van der Waals surface area contributed by atoms with Gasteiger partial charge in [0.05, 0.1) is 13.2 Å². The third-order valence-corrected chi connectivity index (χ3v) is 4.57. The Labute approximate surface area is 128 Å². The van der Waals surface area contributed by atoms with Crippen molar-refractivity contribution in [1.29, 1.82) is 0 Å². The highest BCUT2D eigenvalue weighted by Gasteiger charge is 2.30. The summed E-state index contributed by atoms with van der Waals surface area (Å²) in [5.74, 6) is 0. The molecule has 4 rings (SSSR count). The van der Waals surface area contributed by atoms with Crippen LogP contribution in [0.15, 0.2) is 22.6 Å². The first-order valence-electron chi connectivity index (χ1n) is 7.42. The zero-order valence-corrected chi connectivity index (χ0v) is 12.6. The summed E-state index contributed by atoms with van der Waals surface area (Å²) in [7, 11) is 0. The van der Waals surface area contributed by atoms with Crippen LogP contribution in [-0.4, -0.2) is 55.3 Å². The molecule has 5 nitrogen and oxygen atoms in total. The third kappa shape index (κ3) is 2.61. The maximum absolute atomic E-state index is 6.00. The van der Waals surface area contributed by atoms with E-state index in [0.29, 0.717) is 17.1 Å². The number of morpholine rings is 1. The van der Waals surface area contributed by atoms with Gasteiger partial charge in [-0.3, -0.25) is 4.90 Å². The molecular formula is C15H18ClN3O2. The zero-order valence-electron chi connectivity index (χ0n) is 11.8. The van der Waals surface area contributed by atoms with Crippen molar-refractivity contribution in [1.82, 2.24) is 9.88 Å². The van der Waals surface area contributed by atoms with Crippen molar-refractivity contribution >= 4 is 28.7 Å². The predicted molar refractivity (Wildman–Crippen MR) is 82.0 cm³/mol. The largest absolute Gasteiger partial charge is 0.423 e. The van der Waals surface area contributed by atoms with Gasteiger partial charge in [0.25, 0.3) is 6.01 Å². The van der Waals surface area contributed by atoms with Gasteiger partial charge in [-0.05, 0) is 24.6 Å². The molecule has 1 aromatic carbocycles. The average Bonchev–Trinajstić information content (AvgIpc) is 3.14. The lowest BCUT2D eigenvalue weighted by atomic mass is 10.2. The second-order valence-electron chi connectivity index (χ2n) is 5.65. The molecule has 0 aliphatic carbocycles. The maximum Gasteiger partial charge on any atom is 0.298 e. The van der Waals surface area contributed by atoms with E-state index in [1.165, 1.54) is 0 Å².